The number of hydrazine groups is 1. The van der Waals surface area contributed by atoms with E-state index in [9.17, 15) is 9.59 Å². The van der Waals surface area contributed by atoms with E-state index in [2.05, 4.69) is 26.8 Å². The molecule has 0 aliphatic heterocycles. The molecule has 3 N–H and O–H groups in total. The third-order valence-corrected chi connectivity index (χ3v) is 3.25. The normalized spacial score (nSPS) is 9.95. The van der Waals surface area contributed by atoms with Gasteiger partial charge in [0.05, 0.1) is 6.42 Å². The zero-order valence-electron chi connectivity index (χ0n) is 11.0. The van der Waals surface area contributed by atoms with Crippen molar-refractivity contribution in [3.63, 3.8) is 0 Å². The van der Waals surface area contributed by atoms with Gasteiger partial charge in [0.25, 0.3) is 5.91 Å². The van der Waals surface area contributed by atoms with E-state index in [1.807, 2.05) is 0 Å². The number of carbonyl (C=O) groups excluding carboxylic acids is 2. The van der Waals surface area contributed by atoms with E-state index in [1.165, 1.54) is 12.1 Å². The van der Waals surface area contributed by atoms with Crippen molar-refractivity contribution in [3.8, 4) is 5.75 Å². The number of hydrogen-bond acceptors (Lipinski definition) is 3. The topological polar surface area (TPSA) is 78.4 Å². The molecular weight excluding hydrogens is 336 g/mol. The van der Waals surface area contributed by atoms with Crippen molar-refractivity contribution in [1.29, 1.82) is 0 Å². The van der Waals surface area contributed by atoms with Crippen LogP contribution in [0.15, 0.2) is 53.0 Å². The molecule has 0 aromatic heterocycles. The Morgan fingerprint density at radius 1 is 0.952 bits per heavy atom. The maximum absolute atomic E-state index is 11.8. The molecule has 6 heteroatoms. The Balaban J connectivity index is 1.84. The SMILES string of the molecule is O=C(Cc1ccc(O)cc1)NNC(=O)c1ccc(Br)cc1. The molecule has 5 nitrogen and oxygen atoms in total. The van der Waals surface area contributed by atoms with E-state index < -0.39 is 0 Å². The van der Waals surface area contributed by atoms with Gasteiger partial charge in [0.2, 0.25) is 5.91 Å². The predicted molar refractivity (Wildman–Crippen MR) is 81.6 cm³/mol. The molecule has 0 saturated heterocycles. The lowest BCUT2D eigenvalue weighted by atomic mass is 10.1. The highest BCUT2D eigenvalue weighted by molar-refractivity contribution is 9.10. The Kier molecular flexibility index (Phi) is 4.94. The molecule has 0 aliphatic carbocycles. The van der Waals surface area contributed by atoms with Crippen molar-refractivity contribution < 1.29 is 14.7 Å². The number of hydrogen-bond donors (Lipinski definition) is 3. The summed E-state index contributed by atoms with van der Waals surface area (Å²) in [6.45, 7) is 0. The molecule has 0 unspecified atom stereocenters. The standard InChI is InChI=1S/C15H13BrN2O3/c16-12-5-3-11(4-6-12)15(21)18-17-14(20)9-10-1-7-13(19)8-2-10/h1-8,19H,9H2,(H,17,20)(H,18,21). The van der Waals surface area contributed by atoms with Crippen molar-refractivity contribution >= 4 is 27.7 Å². The predicted octanol–water partition coefficient (Wildman–Crippen LogP) is 2.16. The molecule has 21 heavy (non-hydrogen) atoms. The van der Waals surface area contributed by atoms with Crippen molar-refractivity contribution in [3.05, 3.63) is 64.1 Å². The lowest BCUT2D eigenvalue weighted by Gasteiger charge is -2.07. The molecule has 2 aromatic carbocycles. The van der Waals surface area contributed by atoms with E-state index >= 15 is 0 Å². The fourth-order valence-corrected chi connectivity index (χ4v) is 1.91. The number of aromatic hydroxyl groups is 1. The van der Waals surface area contributed by atoms with Gasteiger partial charge in [0.1, 0.15) is 5.75 Å². The van der Waals surface area contributed by atoms with Crippen LogP contribution in [0.3, 0.4) is 0 Å². The number of rotatable bonds is 3. The van der Waals surface area contributed by atoms with Gasteiger partial charge in [-0.3, -0.25) is 20.4 Å². The van der Waals surface area contributed by atoms with Crippen LogP contribution >= 0.6 is 15.9 Å². The Bertz CT molecular complexity index is 639. The number of phenols is 1. The molecule has 0 spiro atoms. The monoisotopic (exact) mass is 348 g/mol. The van der Waals surface area contributed by atoms with Crippen LogP contribution in [0.4, 0.5) is 0 Å². The zero-order valence-corrected chi connectivity index (χ0v) is 12.6. The lowest BCUT2D eigenvalue weighted by Crippen LogP contribution is -2.42. The van der Waals surface area contributed by atoms with Crippen LogP contribution in [0.25, 0.3) is 0 Å². The first-order chi connectivity index (χ1) is 10.0. The summed E-state index contributed by atoms with van der Waals surface area (Å²) >= 11 is 3.28. The van der Waals surface area contributed by atoms with Gasteiger partial charge >= 0.3 is 0 Å². The second kappa shape index (κ2) is 6.90. The molecule has 2 aromatic rings. The van der Waals surface area contributed by atoms with E-state index in [-0.39, 0.29) is 24.0 Å². The number of carbonyl (C=O) groups is 2. The molecule has 0 atom stereocenters. The summed E-state index contributed by atoms with van der Waals surface area (Å²) < 4.78 is 0.871. The average Bonchev–Trinajstić information content (AvgIpc) is 2.48. The molecule has 0 bridgehead atoms. The number of nitrogens with one attached hydrogen (secondary N) is 2. The van der Waals surface area contributed by atoms with Gasteiger partial charge in [-0.2, -0.15) is 0 Å². The molecule has 0 saturated carbocycles. The number of amides is 2. The summed E-state index contributed by atoms with van der Waals surface area (Å²) in [6, 6.07) is 13.1. The number of phenolic OH excluding ortho intramolecular Hbond substituents is 1. The quantitative estimate of drug-likeness (QED) is 0.743. The first kappa shape index (κ1) is 15.1. The van der Waals surface area contributed by atoms with Crippen LogP contribution in [-0.2, 0) is 11.2 Å². The van der Waals surface area contributed by atoms with E-state index in [4.69, 9.17) is 5.11 Å². The second-order valence-electron chi connectivity index (χ2n) is 4.35. The summed E-state index contributed by atoms with van der Waals surface area (Å²) in [7, 11) is 0. The van der Waals surface area contributed by atoms with E-state index in [0.29, 0.717) is 5.56 Å². The van der Waals surface area contributed by atoms with Gasteiger partial charge in [-0.1, -0.05) is 28.1 Å². The van der Waals surface area contributed by atoms with Crippen molar-refractivity contribution in [2.24, 2.45) is 0 Å². The summed E-state index contributed by atoms with van der Waals surface area (Å²) in [6.07, 6.45) is 0.112. The molecule has 2 rings (SSSR count). The minimum absolute atomic E-state index is 0.112. The highest BCUT2D eigenvalue weighted by Crippen LogP contribution is 2.11. The van der Waals surface area contributed by atoms with Crippen LogP contribution in [-0.4, -0.2) is 16.9 Å². The lowest BCUT2D eigenvalue weighted by molar-refractivity contribution is -0.121. The smallest absolute Gasteiger partial charge is 0.269 e. The van der Waals surface area contributed by atoms with Crippen molar-refractivity contribution in [2.45, 2.75) is 6.42 Å². The summed E-state index contributed by atoms with van der Waals surface area (Å²) in [5.74, 6) is -0.588. The Hall–Kier alpha value is -2.34. The molecular formula is C15H13BrN2O3. The van der Waals surface area contributed by atoms with Crippen LogP contribution in [0, 0.1) is 0 Å². The molecule has 0 radical (unpaired) electrons. The summed E-state index contributed by atoms with van der Waals surface area (Å²) in [5, 5.41) is 9.15. The highest BCUT2D eigenvalue weighted by Gasteiger charge is 2.07. The Morgan fingerprint density at radius 2 is 1.57 bits per heavy atom. The maximum atomic E-state index is 11.8. The van der Waals surface area contributed by atoms with Crippen LogP contribution in [0.1, 0.15) is 15.9 Å². The molecule has 0 heterocycles. The summed E-state index contributed by atoms with van der Waals surface area (Å²) in [4.78, 5) is 23.5. The van der Waals surface area contributed by atoms with Gasteiger partial charge in [0, 0.05) is 10.0 Å². The van der Waals surface area contributed by atoms with Gasteiger partial charge in [-0.15, -0.1) is 0 Å². The highest BCUT2D eigenvalue weighted by atomic mass is 79.9. The summed E-state index contributed by atoms with van der Waals surface area (Å²) in [5.41, 5.74) is 5.88. The number of benzene rings is 2. The molecule has 2 amide bonds. The molecule has 0 fully saturated rings. The Labute approximate surface area is 130 Å². The first-order valence-electron chi connectivity index (χ1n) is 6.17. The van der Waals surface area contributed by atoms with Crippen molar-refractivity contribution in [2.75, 3.05) is 0 Å². The van der Waals surface area contributed by atoms with Gasteiger partial charge in [-0.05, 0) is 42.0 Å². The second-order valence-corrected chi connectivity index (χ2v) is 5.27. The largest absolute Gasteiger partial charge is 0.508 e. The average molecular weight is 349 g/mol. The minimum Gasteiger partial charge on any atom is -0.508 e. The fraction of sp³-hybridized carbons (Fsp3) is 0.0667. The zero-order chi connectivity index (χ0) is 15.2. The van der Waals surface area contributed by atoms with E-state index in [0.717, 1.165) is 10.0 Å². The Morgan fingerprint density at radius 3 is 2.19 bits per heavy atom. The first-order valence-corrected chi connectivity index (χ1v) is 6.96. The number of halogens is 1. The third-order valence-electron chi connectivity index (χ3n) is 2.72. The maximum Gasteiger partial charge on any atom is 0.269 e. The fourth-order valence-electron chi connectivity index (χ4n) is 1.64. The van der Waals surface area contributed by atoms with Gasteiger partial charge < -0.3 is 5.11 Å². The molecule has 0 aliphatic rings. The molecule has 108 valence electrons. The van der Waals surface area contributed by atoms with Crippen LogP contribution in [0.2, 0.25) is 0 Å². The van der Waals surface area contributed by atoms with Crippen molar-refractivity contribution in [1.82, 2.24) is 10.9 Å². The van der Waals surface area contributed by atoms with Gasteiger partial charge in [-0.25, -0.2) is 0 Å². The minimum atomic E-state index is -0.387. The van der Waals surface area contributed by atoms with Crippen LogP contribution < -0.4 is 10.9 Å². The third kappa shape index (κ3) is 4.61. The van der Waals surface area contributed by atoms with E-state index in [1.54, 1.807) is 36.4 Å². The van der Waals surface area contributed by atoms with Gasteiger partial charge in [0.15, 0.2) is 0 Å². The van der Waals surface area contributed by atoms with Crippen LogP contribution in [0.5, 0.6) is 5.75 Å².